The van der Waals surface area contributed by atoms with Gasteiger partial charge in [-0.2, -0.15) is 0 Å². The second-order valence-electron chi connectivity index (χ2n) is 17.0. The summed E-state index contributed by atoms with van der Waals surface area (Å²) in [4.78, 5) is 0. The molecule has 8 aromatic carbocycles. The highest BCUT2D eigenvalue weighted by molar-refractivity contribution is 6.07. The molecule has 2 aliphatic heterocycles. The van der Waals surface area contributed by atoms with Crippen LogP contribution in [0, 0.1) is 13.8 Å². The van der Waals surface area contributed by atoms with Gasteiger partial charge in [0.1, 0.15) is 0 Å². The van der Waals surface area contributed by atoms with Crippen LogP contribution in [-0.4, -0.2) is 25.4 Å². The summed E-state index contributed by atoms with van der Waals surface area (Å²) in [6.45, 7) is 6.20. The van der Waals surface area contributed by atoms with Gasteiger partial charge in [-0.3, -0.25) is 0 Å². The van der Waals surface area contributed by atoms with E-state index in [0.717, 1.165) is 51.7 Å². The molecule has 2 fully saturated rings. The van der Waals surface area contributed by atoms with E-state index in [4.69, 9.17) is 9.47 Å². The van der Waals surface area contributed by atoms with Gasteiger partial charge < -0.3 is 9.47 Å². The number of rotatable bonds is 13. The third-order valence-corrected chi connectivity index (χ3v) is 12.1. The Balaban J connectivity index is 0.939. The van der Waals surface area contributed by atoms with E-state index in [0.29, 0.717) is 12.2 Å². The fraction of sp³-hybridized carbons (Fsp3) is 0.214. The van der Waals surface area contributed by atoms with Crippen molar-refractivity contribution in [3.05, 3.63) is 224 Å². The van der Waals surface area contributed by atoms with E-state index in [1.54, 1.807) is 0 Å². The fourth-order valence-corrected chi connectivity index (χ4v) is 8.78. The standard InChI is InChI=1S/C56H50O2/c1-37-4-24-54-48(25-37)21-22-49(30-44-15-9-40(10-16-44)28-42-13-19-46(20-14-42)33-52-36-58-52)56(54)55-34-47(31-50-26-38(2)3-23-53(50)55)29-43-7-5-39(6-8-43)27-41-11-17-45(18-12-41)32-51-35-57-51/h3-26,31,34,51-52H,27-30,32-33,35-36H2,1-2H3. The van der Waals surface area contributed by atoms with E-state index in [-0.39, 0.29) is 0 Å². The molecular formula is C56H50O2. The lowest BCUT2D eigenvalue weighted by molar-refractivity contribution is 0.407. The number of ether oxygens (including phenoxy) is 2. The van der Waals surface area contributed by atoms with Gasteiger partial charge in [0.15, 0.2) is 0 Å². The fourth-order valence-electron chi connectivity index (χ4n) is 8.78. The molecule has 0 radical (unpaired) electrons. The second-order valence-corrected chi connectivity index (χ2v) is 17.0. The van der Waals surface area contributed by atoms with Crippen molar-refractivity contribution in [1.29, 1.82) is 0 Å². The maximum absolute atomic E-state index is 5.43. The molecule has 2 nitrogen and oxygen atoms in total. The first-order chi connectivity index (χ1) is 28.4. The van der Waals surface area contributed by atoms with Crippen molar-refractivity contribution in [1.82, 2.24) is 0 Å². The quantitative estimate of drug-likeness (QED) is 0.110. The van der Waals surface area contributed by atoms with Gasteiger partial charge in [0.2, 0.25) is 0 Å². The molecule has 2 heteroatoms. The SMILES string of the molecule is Cc1ccc2c(-c3c(Cc4ccc(Cc5ccc(CC6CO6)cc5)cc4)ccc4cc(C)ccc34)cc(Cc3ccc(Cc4ccc(CC5CO5)cc4)cc3)cc2c1. The summed E-state index contributed by atoms with van der Waals surface area (Å²) >= 11 is 0. The van der Waals surface area contributed by atoms with E-state index < -0.39 is 0 Å². The molecule has 286 valence electrons. The summed E-state index contributed by atoms with van der Waals surface area (Å²) in [6, 6.07) is 60.2. The van der Waals surface area contributed by atoms with Gasteiger partial charge >= 0.3 is 0 Å². The Morgan fingerprint density at radius 2 is 0.793 bits per heavy atom. The zero-order valence-electron chi connectivity index (χ0n) is 33.6. The predicted octanol–water partition coefficient (Wildman–Crippen LogP) is 12.5. The van der Waals surface area contributed by atoms with E-state index >= 15 is 0 Å². The summed E-state index contributed by atoms with van der Waals surface area (Å²) < 4.78 is 10.8. The van der Waals surface area contributed by atoms with Crippen molar-refractivity contribution in [2.75, 3.05) is 13.2 Å². The van der Waals surface area contributed by atoms with Gasteiger partial charge in [0, 0.05) is 12.8 Å². The Hall–Kier alpha value is -5.80. The predicted molar refractivity (Wildman–Crippen MR) is 240 cm³/mol. The average molecular weight is 755 g/mol. The minimum atomic E-state index is 0.425. The molecule has 8 aromatic rings. The Morgan fingerprint density at radius 1 is 0.379 bits per heavy atom. The van der Waals surface area contributed by atoms with Crippen LogP contribution < -0.4 is 0 Å². The van der Waals surface area contributed by atoms with Crippen LogP contribution in [0.4, 0.5) is 0 Å². The molecule has 10 rings (SSSR count). The van der Waals surface area contributed by atoms with Gasteiger partial charge in [-0.1, -0.05) is 169 Å². The number of epoxide rings is 2. The van der Waals surface area contributed by atoms with Crippen LogP contribution in [0.1, 0.15) is 66.8 Å². The van der Waals surface area contributed by atoms with E-state index in [1.165, 1.54) is 99.4 Å². The van der Waals surface area contributed by atoms with Gasteiger partial charge in [-0.25, -0.2) is 0 Å². The highest BCUT2D eigenvalue weighted by atomic mass is 16.6. The van der Waals surface area contributed by atoms with Gasteiger partial charge in [-0.15, -0.1) is 0 Å². The Morgan fingerprint density at radius 3 is 1.28 bits per heavy atom. The normalized spacial score (nSPS) is 15.9. The van der Waals surface area contributed by atoms with Crippen molar-refractivity contribution < 1.29 is 9.47 Å². The third-order valence-electron chi connectivity index (χ3n) is 12.1. The molecule has 0 spiro atoms. The van der Waals surface area contributed by atoms with E-state index in [2.05, 4.69) is 172 Å². The lowest BCUT2D eigenvalue weighted by Gasteiger charge is -2.18. The van der Waals surface area contributed by atoms with Crippen molar-refractivity contribution >= 4 is 21.5 Å². The maximum Gasteiger partial charge on any atom is 0.0850 e. The largest absolute Gasteiger partial charge is 0.373 e. The molecule has 2 heterocycles. The molecule has 2 saturated heterocycles. The number of benzene rings is 8. The van der Waals surface area contributed by atoms with E-state index in [1.807, 2.05) is 0 Å². The third kappa shape index (κ3) is 8.55. The Labute approximate surface area is 343 Å². The zero-order valence-corrected chi connectivity index (χ0v) is 33.6. The monoisotopic (exact) mass is 754 g/mol. The molecule has 0 amide bonds. The van der Waals surface area contributed by atoms with E-state index in [9.17, 15) is 0 Å². The van der Waals surface area contributed by atoms with Gasteiger partial charge in [0.05, 0.1) is 25.4 Å². The van der Waals surface area contributed by atoms with Crippen LogP contribution >= 0.6 is 0 Å². The molecule has 2 atom stereocenters. The minimum absolute atomic E-state index is 0.425. The molecular weight excluding hydrogens is 705 g/mol. The Bertz CT molecular complexity index is 2720. The maximum atomic E-state index is 5.43. The van der Waals surface area contributed by atoms with Crippen molar-refractivity contribution in [3.8, 4) is 11.1 Å². The van der Waals surface area contributed by atoms with Crippen LogP contribution in [0.2, 0.25) is 0 Å². The van der Waals surface area contributed by atoms with Crippen LogP contribution in [0.5, 0.6) is 0 Å². The summed E-state index contributed by atoms with van der Waals surface area (Å²) in [5.74, 6) is 0. The number of hydrogen-bond donors (Lipinski definition) is 0. The topological polar surface area (TPSA) is 25.1 Å². The first-order valence-electron chi connectivity index (χ1n) is 21.0. The number of fused-ring (bicyclic) bond motifs is 2. The van der Waals surface area contributed by atoms with Crippen molar-refractivity contribution in [2.45, 2.75) is 64.6 Å². The molecule has 2 aliphatic rings. The van der Waals surface area contributed by atoms with Crippen LogP contribution in [-0.2, 0) is 48.0 Å². The molecule has 0 N–H and O–H groups in total. The summed E-state index contributed by atoms with van der Waals surface area (Å²) in [5, 5.41) is 5.21. The molecule has 0 aromatic heterocycles. The van der Waals surface area contributed by atoms with Gasteiger partial charge in [-0.05, 0) is 128 Å². The zero-order chi connectivity index (χ0) is 39.0. The second kappa shape index (κ2) is 15.9. The average Bonchev–Trinajstić information content (AvgIpc) is 4.19. The molecule has 2 unspecified atom stereocenters. The van der Waals surface area contributed by atoms with Crippen LogP contribution in [0.15, 0.2) is 158 Å². The summed E-state index contributed by atoms with van der Waals surface area (Å²) in [6.07, 6.45) is 6.52. The van der Waals surface area contributed by atoms with Crippen molar-refractivity contribution in [2.24, 2.45) is 0 Å². The first kappa shape index (κ1) is 36.5. The highest BCUT2D eigenvalue weighted by Crippen LogP contribution is 2.39. The Kier molecular flexibility index (Phi) is 9.99. The first-order valence-corrected chi connectivity index (χ1v) is 21.0. The van der Waals surface area contributed by atoms with Crippen LogP contribution in [0.25, 0.3) is 32.7 Å². The van der Waals surface area contributed by atoms with Crippen LogP contribution in [0.3, 0.4) is 0 Å². The summed E-state index contributed by atoms with van der Waals surface area (Å²) in [7, 11) is 0. The number of aryl methyl sites for hydroxylation is 2. The lowest BCUT2D eigenvalue weighted by Crippen LogP contribution is -1.98. The summed E-state index contributed by atoms with van der Waals surface area (Å²) in [5.41, 5.74) is 18.7. The van der Waals surface area contributed by atoms with Crippen molar-refractivity contribution in [3.63, 3.8) is 0 Å². The number of hydrogen-bond acceptors (Lipinski definition) is 2. The highest BCUT2D eigenvalue weighted by Gasteiger charge is 2.23. The molecule has 0 bridgehead atoms. The smallest absolute Gasteiger partial charge is 0.0850 e. The molecule has 0 aliphatic carbocycles. The molecule has 0 saturated carbocycles. The minimum Gasteiger partial charge on any atom is -0.373 e. The molecule has 58 heavy (non-hydrogen) atoms. The lowest BCUT2D eigenvalue weighted by atomic mass is 9.85. The van der Waals surface area contributed by atoms with Gasteiger partial charge in [0.25, 0.3) is 0 Å².